The summed E-state index contributed by atoms with van der Waals surface area (Å²) < 4.78 is 0. The fourth-order valence-corrected chi connectivity index (χ4v) is 3.29. The van der Waals surface area contributed by atoms with Gasteiger partial charge < -0.3 is 10.4 Å². The molecule has 0 aliphatic heterocycles. The molecule has 0 saturated heterocycles. The molecule has 0 aliphatic rings. The molecule has 2 aromatic rings. The van der Waals surface area contributed by atoms with Gasteiger partial charge in [-0.15, -0.1) is 11.3 Å². The van der Waals surface area contributed by atoms with Gasteiger partial charge in [-0.25, -0.2) is 0 Å². The SMILES string of the molecule is CC(C)(CO)C(CNCc1cc(C#N)cs1)c1ccccc1. The Hall–Kier alpha value is -1.67. The second-order valence-electron chi connectivity index (χ2n) is 6.15. The molecule has 4 heteroatoms. The molecule has 0 bridgehead atoms. The summed E-state index contributed by atoms with van der Waals surface area (Å²) in [7, 11) is 0. The number of nitrogens with one attached hydrogen (secondary N) is 1. The lowest BCUT2D eigenvalue weighted by atomic mass is 9.75. The Bertz CT molecular complexity index is 628. The maximum Gasteiger partial charge on any atom is 0.100 e. The third-order valence-electron chi connectivity index (χ3n) is 3.98. The van der Waals surface area contributed by atoms with E-state index in [1.807, 2.05) is 29.6 Å². The fraction of sp³-hybridized carbons (Fsp3) is 0.389. The molecule has 2 N–H and O–H groups in total. The average Bonchev–Trinajstić information content (AvgIpc) is 3.00. The van der Waals surface area contributed by atoms with Crippen LogP contribution in [0, 0.1) is 16.7 Å². The van der Waals surface area contributed by atoms with Crippen LogP contribution in [-0.2, 0) is 6.54 Å². The smallest absolute Gasteiger partial charge is 0.100 e. The number of hydrogen-bond acceptors (Lipinski definition) is 4. The summed E-state index contributed by atoms with van der Waals surface area (Å²) in [6.07, 6.45) is 0. The lowest BCUT2D eigenvalue weighted by Crippen LogP contribution is -2.34. The molecule has 1 atom stereocenters. The minimum absolute atomic E-state index is 0.145. The predicted octanol–water partition coefficient (Wildman–Crippen LogP) is 3.51. The number of thiophene rings is 1. The molecule has 3 nitrogen and oxygen atoms in total. The summed E-state index contributed by atoms with van der Waals surface area (Å²) in [5.74, 6) is 0.231. The first kappa shape index (κ1) is 16.7. The van der Waals surface area contributed by atoms with Gasteiger partial charge in [-0.2, -0.15) is 5.26 Å². The molecule has 2 rings (SSSR count). The number of hydrogen-bond donors (Lipinski definition) is 2. The Balaban J connectivity index is 2.03. The molecule has 22 heavy (non-hydrogen) atoms. The number of nitrogens with zero attached hydrogens (tertiary/aromatic N) is 1. The largest absolute Gasteiger partial charge is 0.396 e. The molecular formula is C18H22N2OS. The van der Waals surface area contributed by atoms with E-state index >= 15 is 0 Å². The topological polar surface area (TPSA) is 56.0 Å². The van der Waals surface area contributed by atoms with Gasteiger partial charge in [0.1, 0.15) is 6.07 Å². The predicted molar refractivity (Wildman–Crippen MR) is 90.8 cm³/mol. The summed E-state index contributed by atoms with van der Waals surface area (Å²) in [4.78, 5) is 1.16. The van der Waals surface area contributed by atoms with Gasteiger partial charge in [0.05, 0.1) is 5.56 Å². The molecule has 0 saturated carbocycles. The molecule has 0 radical (unpaired) electrons. The minimum Gasteiger partial charge on any atom is -0.396 e. The van der Waals surface area contributed by atoms with Gasteiger partial charge >= 0.3 is 0 Å². The summed E-state index contributed by atoms with van der Waals surface area (Å²) in [5.41, 5.74) is 1.76. The van der Waals surface area contributed by atoms with Gasteiger partial charge in [0, 0.05) is 35.9 Å². The van der Waals surface area contributed by atoms with E-state index in [9.17, 15) is 5.11 Å². The van der Waals surface area contributed by atoms with Crippen molar-refractivity contribution in [1.29, 1.82) is 5.26 Å². The third kappa shape index (κ3) is 4.17. The third-order valence-corrected chi connectivity index (χ3v) is 4.92. The van der Waals surface area contributed by atoms with E-state index in [0.717, 1.165) is 23.5 Å². The van der Waals surface area contributed by atoms with Crippen LogP contribution < -0.4 is 5.32 Å². The molecule has 0 amide bonds. The number of nitriles is 1. The molecule has 0 fully saturated rings. The normalized spacial score (nSPS) is 12.8. The van der Waals surface area contributed by atoms with Gasteiger partial charge in [0.25, 0.3) is 0 Å². The highest BCUT2D eigenvalue weighted by Gasteiger charge is 2.29. The lowest BCUT2D eigenvalue weighted by molar-refractivity contribution is 0.129. The van der Waals surface area contributed by atoms with Crippen molar-refractivity contribution in [2.24, 2.45) is 5.41 Å². The van der Waals surface area contributed by atoms with E-state index in [4.69, 9.17) is 5.26 Å². The van der Waals surface area contributed by atoms with Crippen molar-refractivity contribution in [3.63, 3.8) is 0 Å². The number of benzene rings is 1. The van der Waals surface area contributed by atoms with E-state index < -0.39 is 0 Å². The van der Waals surface area contributed by atoms with Crippen LogP contribution in [0.5, 0.6) is 0 Å². The standard InChI is InChI=1S/C18H22N2OS/c1-18(2,13-21)17(15-6-4-3-5-7-15)11-20-10-16-8-14(9-19)12-22-16/h3-8,12,17,20-21H,10-11,13H2,1-2H3. The van der Waals surface area contributed by atoms with Crippen LogP contribution >= 0.6 is 11.3 Å². The molecule has 0 spiro atoms. The van der Waals surface area contributed by atoms with E-state index in [2.05, 4.69) is 37.4 Å². The second-order valence-corrected chi connectivity index (χ2v) is 7.15. The summed E-state index contributed by atoms with van der Waals surface area (Å²) in [5, 5.41) is 23.9. The minimum atomic E-state index is -0.193. The Kier molecular flexibility index (Phi) is 5.73. The highest BCUT2D eigenvalue weighted by atomic mass is 32.1. The maximum absolute atomic E-state index is 9.72. The molecular weight excluding hydrogens is 292 g/mol. The second kappa shape index (κ2) is 7.55. The van der Waals surface area contributed by atoms with Crippen LogP contribution in [0.1, 0.15) is 35.8 Å². The quantitative estimate of drug-likeness (QED) is 0.822. The van der Waals surface area contributed by atoms with Crippen molar-refractivity contribution in [3.05, 3.63) is 57.8 Å². The Morgan fingerprint density at radius 3 is 2.64 bits per heavy atom. The monoisotopic (exact) mass is 314 g/mol. The summed E-state index contributed by atoms with van der Waals surface area (Å²) in [6, 6.07) is 14.4. The van der Waals surface area contributed by atoms with E-state index in [1.54, 1.807) is 11.3 Å². The van der Waals surface area contributed by atoms with Crippen molar-refractivity contribution < 1.29 is 5.11 Å². The van der Waals surface area contributed by atoms with Crippen LogP contribution in [0.4, 0.5) is 0 Å². The zero-order valence-electron chi connectivity index (χ0n) is 13.0. The fourth-order valence-electron chi connectivity index (χ4n) is 2.51. The molecule has 1 heterocycles. The van der Waals surface area contributed by atoms with Gasteiger partial charge in [0.2, 0.25) is 0 Å². The van der Waals surface area contributed by atoms with Gasteiger partial charge in [-0.3, -0.25) is 0 Å². The average molecular weight is 314 g/mol. The summed E-state index contributed by atoms with van der Waals surface area (Å²) in [6.45, 7) is 5.86. The number of aliphatic hydroxyl groups excluding tert-OH is 1. The summed E-state index contributed by atoms with van der Waals surface area (Å²) >= 11 is 1.60. The molecule has 1 unspecified atom stereocenters. The van der Waals surface area contributed by atoms with Crippen LogP contribution in [0.25, 0.3) is 0 Å². The van der Waals surface area contributed by atoms with Crippen molar-refractivity contribution >= 4 is 11.3 Å². The van der Waals surface area contributed by atoms with Crippen molar-refractivity contribution in [2.45, 2.75) is 26.3 Å². The first-order valence-corrected chi connectivity index (χ1v) is 8.29. The van der Waals surface area contributed by atoms with Crippen molar-refractivity contribution in [1.82, 2.24) is 5.32 Å². The first-order chi connectivity index (χ1) is 10.6. The molecule has 0 aliphatic carbocycles. The van der Waals surface area contributed by atoms with Crippen molar-refractivity contribution in [2.75, 3.05) is 13.2 Å². The number of aliphatic hydroxyl groups is 1. The van der Waals surface area contributed by atoms with Gasteiger partial charge in [-0.1, -0.05) is 44.2 Å². The van der Waals surface area contributed by atoms with E-state index in [1.165, 1.54) is 5.56 Å². The number of rotatable bonds is 7. The zero-order valence-corrected chi connectivity index (χ0v) is 13.9. The first-order valence-electron chi connectivity index (χ1n) is 7.41. The molecule has 1 aromatic carbocycles. The van der Waals surface area contributed by atoms with E-state index in [0.29, 0.717) is 0 Å². The highest BCUT2D eigenvalue weighted by molar-refractivity contribution is 7.10. The lowest BCUT2D eigenvalue weighted by Gasteiger charge is -2.33. The van der Waals surface area contributed by atoms with Crippen LogP contribution in [0.2, 0.25) is 0 Å². The van der Waals surface area contributed by atoms with Crippen LogP contribution in [0.3, 0.4) is 0 Å². The maximum atomic E-state index is 9.72. The Labute approximate surface area is 136 Å². The van der Waals surface area contributed by atoms with Gasteiger partial charge in [-0.05, 0) is 17.0 Å². The van der Waals surface area contributed by atoms with Crippen molar-refractivity contribution in [3.8, 4) is 6.07 Å². The van der Waals surface area contributed by atoms with Crippen LogP contribution in [0.15, 0.2) is 41.8 Å². The molecule has 1 aromatic heterocycles. The Morgan fingerprint density at radius 1 is 1.32 bits per heavy atom. The highest BCUT2D eigenvalue weighted by Crippen LogP contribution is 2.34. The Morgan fingerprint density at radius 2 is 2.05 bits per heavy atom. The zero-order chi connectivity index (χ0) is 16.0. The van der Waals surface area contributed by atoms with Crippen LogP contribution in [-0.4, -0.2) is 18.3 Å². The molecule has 116 valence electrons. The van der Waals surface area contributed by atoms with Gasteiger partial charge in [0.15, 0.2) is 0 Å². The van der Waals surface area contributed by atoms with E-state index in [-0.39, 0.29) is 17.9 Å².